The Bertz CT molecular complexity index is 518. The van der Waals surface area contributed by atoms with Gasteiger partial charge in [-0.2, -0.15) is 5.10 Å². The van der Waals surface area contributed by atoms with Gasteiger partial charge in [-0.3, -0.25) is 9.48 Å². The van der Waals surface area contributed by atoms with Gasteiger partial charge in [0.2, 0.25) is 0 Å². The summed E-state index contributed by atoms with van der Waals surface area (Å²) in [7, 11) is 7.37. The van der Waals surface area contributed by atoms with E-state index < -0.39 is 5.91 Å². The normalized spacial score (nSPS) is 10.6. The maximum absolute atomic E-state index is 11.0. The molecule has 68 valence electrons. The average molecular weight is 185 g/mol. The Kier molecular flexibility index (Phi) is 1.80. The molecule has 4 nitrogen and oxygen atoms in total. The molecule has 1 heterocycles. The van der Waals surface area contributed by atoms with Gasteiger partial charge >= 0.3 is 0 Å². The Morgan fingerprint density at radius 1 is 1.57 bits per heavy atom. The van der Waals surface area contributed by atoms with E-state index in [0.29, 0.717) is 10.8 Å². The van der Waals surface area contributed by atoms with E-state index in [-0.39, 0.29) is 5.69 Å². The fourth-order valence-electron chi connectivity index (χ4n) is 1.47. The summed E-state index contributed by atoms with van der Waals surface area (Å²) < 4.78 is 1.61. The van der Waals surface area contributed by atoms with E-state index in [0.717, 1.165) is 5.52 Å². The molecule has 0 aliphatic carbocycles. The molecule has 0 aliphatic heterocycles. The van der Waals surface area contributed by atoms with Crippen LogP contribution < -0.4 is 11.2 Å². The average Bonchev–Trinajstić information content (AvgIpc) is 2.43. The zero-order valence-electron chi connectivity index (χ0n) is 7.69. The van der Waals surface area contributed by atoms with Crippen LogP contribution in [0.25, 0.3) is 10.9 Å². The van der Waals surface area contributed by atoms with Crippen LogP contribution in [0.3, 0.4) is 0 Å². The molecule has 0 saturated carbocycles. The second kappa shape index (κ2) is 2.87. The zero-order valence-corrected chi connectivity index (χ0v) is 7.69. The van der Waals surface area contributed by atoms with Crippen LogP contribution in [0.5, 0.6) is 0 Å². The largest absolute Gasteiger partial charge is 0.364 e. The summed E-state index contributed by atoms with van der Waals surface area (Å²) in [5, 5.41) is 4.71. The molecule has 5 heteroatoms. The van der Waals surface area contributed by atoms with Crippen molar-refractivity contribution in [2.24, 2.45) is 12.8 Å². The Labute approximate surface area is 82.1 Å². The van der Waals surface area contributed by atoms with Crippen molar-refractivity contribution in [3.8, 4) is 0 Å². The smallest absolute Gasteiger partial charge is 0.269 e. The van der Waals surface area contributed by atoms with E-state index in [9.17, 15) is 4.79 Å². The number of fused-ring (bicyclic) bond motifs is 1. The van der Waals surface area contributed by atoms with Crippen molar-refractivity contribution in [2.45, 2.75) is 0 Å². The first-order valence-electron chi connectivity index (χ1n) is 4.11. The van der Waals surface area contributed by atoms with E-state index >= 15 is 0 Å². The first-order chi connectivity index (χ1) is 6.59. The highest BCUT2D eigenvalue weighted by molar-refractivity contribution is 6.33. The molecule has 0 fully saturated rings. The molecular weight excluding hydrogens is 177 g/mol. The number of rotatable bonds is 1. The summed E-state index contributed by atoms with van der Waals surface area (Å²) in [5.41, 5.74) is 6.88. The van der Waals surface area contributed by atoms with Gasteiger partial charge in [0, 0.05) is 12.4 Å². The maximum Gasteiger partial charge on any atom is 0.269 e. The minimum absolute atomic E-state index is 0.259. The second-order valence-corrected chi connectivity index (χ2v) is 3.11. The highest BCUT2D eigenvalue weighted by Crippen LogP contribution is 2.15. The van der Waals surface area contributed by atoms with Crippen molar-refractivity contribution in [3.63, 3.8) is 0 Å². The number of nitrogens with zero attached hydrogens (tertiary/aromatic N) is 2. The van der Waals surface area contributed by atoms with Gasteiger partial charge < -0.3 is 5.73 Å². The van der Waals surface area contributed by atoms with Gasteiger partial charge in [-0.25, -0.2) is 0 Å². The van der Waals surface area contributed by atoms with E-state index in [1.807, 2.05) is 6.07 Å². The van der Waals surface area contributed by atoms with Gasteiger partial charge in [0.05, 0.1) is 5.52 Å². The number of carbonyl (C=O) groups excluding carboxylic acids is 1. The Hall–Kier alpha value is -1.78. The lowest BCUT2D eigenvalue weighted by Gasteiger charge is -1.95. The molecule has 0 saturated heterocycles. The van der Waals surface area contributed by atoms with Crippen molar-refractivity contribution >= 4 is 30.1 Å². The van der Waals surface area contributed by atoms with Gasteiger partial charge in [-0.15, -0.1) is 0 Å². The van der Waals surface area contributed by atoms with Crippen LogP contribution in [-0.2, 0) is 7.05 Å². The summed E-state index contributed by atoms with van der Waals surface area (Å²) in [4.78, 5) is 11.0. The van der Waals surface area contributed by atoms with Crippen molar-refractivity contribution < 1.29 is 4.79 Å². The summed E-state index contributed by atoms with van der Waals surface area (Å²) in [6.07, 6.45) is 0. The number of hydrogen-bond donors (Lipinski definition) is 1. The van der Waals surface area contributed by atoms with Crippen LogP contribution in [0.15, 0.2) is 18.2 Å². The van der Waals surface area contributed by atoms with Crippen molar-refractivity contribution in [1.82, 2.24) is 9.78 Å². The number of aromatic nitrogens is 2. The number of primary amides is 1. The first kappa shape index (κ1) is 8.81. The van der Waals surface area contributed by atoms with Crippen molar-refractivity contribution in [3.05, 3.63) is 23.9 Å². The van der Waals surface area contributed by atoms with Gasteiger partial charge in [-0.1, -0.05) is 17.6 Å². The number of amides is 1. The van der Waals surface area contributed by atoms with Crippen LogP contribution >= 0.6 is 0 Å². The Morgan fingerprint density at radius 2 is 2.29 bits per heavy atom. The van der Waals surface area contributed by atoms with E-state index in [4.69, 9.17) is 13.6 Å². The lowest BCUT2D eigenvalue weighted by molar-refractivity contribution is 0.0996. The maximum atomic E-state index is 11.0. The number of carbonyl (C=O) groups is 1. The molecule has 2 radical (unpaired) electrons. The Balaban J connectivity index is 2.85. The van der Waals surface area contributed by atoms with E-state index in [1.165, 1.54) is 0 Å². The van der Waals surface area contributed by atoms with E-state index in [2.05, 4.69) is 5.10 Å². The molecule has 2 N–H and O–H groups in total. The number of hydrogen-bond acceptors (Lipinski definition) is 2. The third-order valence-electron chi connectivity index (χ3n) is 2.11. The Morgan fingerprint density at radius 3 is 2.93 bits per heavy atom. The number of benzene rings is 1. The van der Waals surface area contributed by atoms with Crippen LogP contribution in [0, 0.1) is 0 Å². The molecule has 1 aromatic carbocycles. The molecule has 2 aromatic rings. The van der Waals surface area contributed by atoms with Crippen LogP contribution in [0.4, 0.5) is 0 Å². The molecular formula is C9H8BN3O. The summed E-state index contributed by atoms with van der Waals surface area (Å²) in [5.74, 6) is -0.541. The molecule has 1 aromatic heterocycles. The second-order valence-electron chi connectivity index (χ2n) is 3.11. The summed E-state index contributed by atoms with van der Waals surface area (Å²) >= 11 is 0. The molecule has 0 aliphatic rings. The third-order valence-corrected chi connectivity index (χ3v) is 2.11. The summed E-state index contributed by atoms with van der Waals surface area (Å²) in [6.45, 7) is 0. The van der Waals surface area contributed by atoms with E-state index in [1.54, 1.807) is 23.9 Å². The molecule has 0 unspecified atom stereocenters. The fourth-order valence-corrected chi connectivity index (χ4v) is 1.47. The quantitative estimate of drug-likeness (QED) is 0.606. The minimum atomic E-state index is -0.541. The van der Waals surface area contributed by atoms with Gasteiger partial charge in [-0.05, 0) is 6.07 Å². The first-order valence-corrected chi connectivity index (χ1v) is 4.11. The SMILES string of the molecule is [B]c1ccc2c(c1)c(C(N)=O)nn2C. The van der Waals surface area contributed by atoms with Crippen LogP contribution in [0.1, 0.15) is 10.5 Å². The molecule has 0 bridgehead atoms. The number of aryl methyl sites for hydroxylation is 1. The molecule has 2 rings (SSSR count). The standard InChI is InChI=1S/C9H8BN3O/c1-13-7-3-2-5(10)4-6(7)8(12-13)9(11)14/h2-4H,1H3,(H2,11,14). The van der Waals surface area contributed by atoms with Crippen LogP contribution in [-0.4, -0.2) is 23.5 Å². The topological polar surface area (TPSA) is 60.9 Å². The minimum Gasteiger partial charge on any atom is -0.364 e. The van der Waals surface area contributed by atoms with Crippen LogP contribution in [0.2, 0.25) is 0 Å². The predicted octanol–water partition coefficient (Wildman–Crippen LogP) is -0.534. The highest BCUT2D eigenvalue weighted by Gasteiger charge is 2.12. The third kappa shape index (κ3) is 1.17. The van der Waals surface area contributed by atoms with Gasteiger partial charge in [0.1, 0.15) is 7.85 Å². The fraction of sp³-hybridized carbons (Fsp3) is 0.111. The predicted molar refractivity (Wildman–Crippen MR) is 54.6 cm³/mol. The lowest BCUT2D eigenvalue weighted by Crippen LogP contribution is -2.12. The van der Waals surface area contributed by atoms with Gasteiger partial charge in [0.25, 0.3) is 5.91 Å². The van der Waals surface area contributed by atoms with Crippen molar-refractivity contribution in [2.75, 3.05) is 0 Å². The summed E-state index contributed by atoms with van der Waals surface area (Å²) in [6, 6.07) is 5.27. The highest BCUT2D eigenvalue weighted by atomic mass is 16.1. The molecule has 0 spiro atoms. The zero-order chi connectivity index (χ0) is 10.3. The molecule has 1 amide bonds. The lowest BCUT2D eigenvalue weighted by atomic mass is 9.94. The number of nitrogens with two attached hydrogens (primary N) is 1. The van der Waals surface area contributed by atoms with Crippen molar-refractivity contribution in [1.29, 1.82) is 0 Å². The molecule has 14 heavy (non-hydrogen) atoms. The monoisotopic (exact) mass is 185 g/mol. The molecule has 0 atom stereocenters. The van der Waals surface area contributed by atoms with Gasteiger partial charge in [0.15, 0.2) is 5.69 Å².